The van der Waals surface area contributed by atoms with Gasteiger partial charge in [-0.15, -0.1) is 13.0 Å². The van der Waals surface area contributed by atoms with Crippen LogP contribution in [-0.4, -0.2) is 102 Å². The molecule has 14 rings (SSSR count). The Balaban J connectivity index is 0.000000237. The lowest BCUT2D eigenvalue weighted by Crippen LogP contribution is -2.25. The topological polar surface area (TPSA) is 460 Å². The highest BCUT2D eigenvalue weighted by molar-refractivity contribution is 7.95. The second-order valence-electron chi connectivity index (χ2n) is 29.8. The van der Waals surface area contributed by atoms with Gasteiger partial charge in [0.25, 0.3) is 30.4 Å². The Bertz CT molecular complexity index is 7060. The van der Waals surface area contributed by atoms with E-state index in [-0.39, 0.29) is 74.2 Å². The molecule has 14 aromatic rings. The van der Waals surface area contributed by atoms with Crippen molar-refractivity contribution < 1.29 is 145 Å². The zero-order valence-electron chi connectivity index (χ0n) is 70.8. The van der Waals surface area contributed by atoms with Crippen molar-refractivity contribution in [2.24, 2.45) is 0 Å². The average Bonchev–Trinajstić information content (AvgIpc) is 0.770. The van der Waals surface area contributed by atoms with Crippen LogP contribution >= 0.6 is 43.7 Å². The maximum absolute atomic E-state index is 13.9. The maximum atomic E-state index is 13.9. The van der Waals surface area contributed by atoms with Gasteiger partial charge in [0, 0.05) is 65.1 Å². The first-order valence-corrected chi connectivity index (χ1v) is 47.5. The van der Waals surface area contributed by atoms with Crippen LogP contribution in [-0.2, 0) is 73.9 Å². The number of rotatable bonds is 37. The van der Waals surface area contributed by atoms with Crippen LogP contribution in [0.3, 0.4) is 0 Å². The predicted molar refractivity (Wildman–Crippen MR) is 491 cm³/mol. The van der Waals surface area contributed by atoms with E-state index in [0.29, 0.717) is 90.7 Å². The molecule has 31 nitrogen and oxygen atoms in total. The SMILES string of the molecule is COc1ccc(C(C)(c2ccc(Oc3ccc(C(=O)c4ccc(C)c(SOOO)c4)cc3S(=O)(=O)O)cc2)c2ccc(Oc3c(SOOO)cc(C(=O)c4cc(SOOO)cc(S(=O)(=O)O)c4)cc3S(=O)(=O)O)cc2)cc1.COc1ccc(C(C)(c2ccc(Oc3ccc(C(=O)c4ccc(C)cc4)cc3)cc2)c2ccc(Oc3ccc(C(=O)c4ccc(P(=O)(O)O)cc4)cc3)cc2)cc1. The van der Waals surface area contributed by atoms with Crippen LogP contribution in [0.25, 0.3) is 0 Å². The second-order valence-corrected chi connectivity index (χ2v) is 37.8. The molecule has 38 heteroatoms. The molecule has 0 saturated carbocycles. The molecule has 0 radical (unpaired) electrons. The van der Waals surface area contributed by atoms with Crippen LogP contribution in [0.4, 0.5) is 0 Å². The van der Waals surface area contributed by atoms with Gasteiger partial charge in [0.1, 0.15) is 61.5 Å². The van der Waals surface area contributed by atoms with Gasteiger partial charge in [0.05, 0.1) is 65.4 Å². The summed E-state index contributed by atoms with van der Waals surface area (Å²) in [6.07, 6.45) is 0. The van der Waals surface area contributed by atoms with Crippen molar-refractivity contribution in [3.63, 3.8) is 0 Å². The minimum atomic E-state index is -5.30. The zero-order chi connectivity index (χ0) is 96.0. The smallest absolute Gasteiger partial charge is 0.356 e. The van der Waals surface area contributed by atoms with Crippen LogP contribution in [0, 0.1) is 13.8 Å². The summed E-state index contributed by atoms with van der Waals surface area (Å²) in [6, 6.07) is 82.7. The molecule has 0 aromatic heterocycles. The van der Waals surface area contributed by atoms with E-state index in [0.717, 1.165) is 63.9 Å². The number of carbonyl (C=O) groups excluding carboxylic acids is 4. The molecule has 688 valence electrons. The maximum Gasteiger partial charge on any atom is 0.356 e. The summed E-state index contributed by atoms with van der Waals surface area (Å²) in [6.45, 7) is 7.75. The monoisotopic (exact) mass is 1950 g/mol. The summed E-state index contributed by atoms with van der Waals surface area (Å²) >= 11 is 1.00. The van der Waals surface area contributed by atoms with Crippen molar-refractivity contribution in [1.29, 1.82) is 0 Å². The van der Waals surface area contributed by atoms with Gasteiger partial charge in [-0.3, -0.25) is 37.4 Å². The lowest BCUT2D eigenvalue weighted by atomic mass is 9.71. The molecule has 0 spiro atoms. The van der Waals surface area contributed by atoms with Gasteiger partial charge in [0.15, 0.2) is 28.9 Å². The van der Waals surface area contributed by atoms with E-state index in [9.17, 15) is 72.4 Å². The Morgan fingerprint density at radius 1 is 0.321 bits per heavy atom. The van der Waals surface area contributed by atoms with Crippen molar-refractivity contribution >= 4 is 103 Å². The molecule has 0 aliphatic rings. The molecule has 8 N–H and O–H groups in total. The van der Waals surface area contributed by atoms with Crippen LogP contribution in [0.15, 0.2) is 339 Å². The van der Waals surface area contributed by atoms with Crippen molar-refractivity contribution in [3.8, 4) is 57.5 Å². The zero-order valence-corrected chi connectivity index (χ0v) is 76.6. The van der Waals surface area contributed by atoms with E-state index in [2.05, 4.69) is 47.2 Å². The Morgan fingerprint density at radius 2 is 0.634 bits per heavy atom. The Morgan fingerprint density at radius 3 is 1.03 bits per heavy atom. The van der Waals surface area contributed by atoms with Crippen LogP contribution < -0.4 is 33.7 Å². The largest absolute Gasteiger partial charge is 0.497 e. The van der Waals surface area contributed by atoms with E-state index in [4.69, 9.17) is 44.2 Å². The minimum absolute atomic E-state index is 0.0413. The fourth-order valence-corrected chi connectivity index (χ4v) is 18.2. The fourth-order valence-electron chi connectivity index (χ4n) is 14.2. The number of benzene rings is 14. The molecule has 0 aliphatic heterocycles. The van der Waals surface area contributed by atoms with E-state index >= 15 is 0 Å². The second kappa shape index (κ2) is 42.6. The molecular weight excluding hydrogens is 1870 g/mol. The lowest BCUT2D eigenvalue weighted by molar-refractivity contribution is -0.432. The molecule has 0 amide bonds. The first kappa shape index (κ1) is 98.6. The molecule has 134 heavy (non-hydrogen) atoms. The number of hydrogen-bond donors (Lipinski definition) is 8. The molecule has 2 unspecified atom stereocenters. The van der Waals surface area contributed by atoms with Gasteiger partial charge < -0.3 is 38.2 Å². The highest BCUT2D eigenvalue weighted by atomic mass is 32.2. The molecule has 14 aromatic carbocycles. The third-order valence-corrected chi connectivity index (χ3v) is 26.9. The first-order valence-electron chi connectivity index (χ1n) is 39.4. The summed E-state index contributed by atoms with van der Waals surface area (Å²) in [7, 11) is -16.5. The molecule has 0 fully saturated rings. The van der Waals surface area contributed by atoms with Crippen molar-refractivity contribution in [2.45, 2.75) is 67.9 Å². The number of carbonyl (C=O) groups is 4. The number of hydrogen-bond acceptors (Lipinski definition) is 29. The van der Waals surface area contributed by atoms with E-state index in [1.54, 1.807) is 105 Å². The average molecular weight is 1950 g/mol. The molecule has 0 heterocycles. The van der Waals surface area contributed by atoms with Gasteiger partial charge in [-0.1, -0.05) is 142 Å². The predicted octanol–water partition coefficient (Wildman–Crippen LogP) is 20.6. The van der Waals surface area contributed by atoms with Gasteiger partial charge in [-0.05, 0) is 255 Å². The lowest BCUT2D eigenvalue weighted by Gasteiger charge is -2.32. The Labute approximate surface area is 779 Å². The molecule has 2 atom stereocenters. The van der Waals surface area contributed by atoms with Crippen LogP contribution in [0.1, 0.15) is 122 Å². The van der Waals surface area contributed by atoms with Crippen molar-refractivity contribution in [2.75, 3.05) is 14.2 Å². The van der Waals surface area contributed by atoms with E-state index in [1.165, 1.54) is 79.9 Å². The summed E-state index contributed by atoms with van der Waals surface area (Å²) < 4.78 is 166. The fraction of sp³-hybridized carbons (Fsp3) is 0.0833. The highest BCUT2D eigenvalue weighted by Crippen LogP contribution is 2.47. The van der Waals surface area contributed by atoms with Crippen molar-refractivity contribution in [1.82, 2.24) is 0 Å². The van der Waals surface area contributed by atoms with Crippen LogP contribution in [0.2, 0.25) is 0 Å². The minimum Gasteiger partial charge on any atom is -0.497 e. The molecule has 0 aliphatic carbocycles. The van der Waals surface area contributed by atoms with Gasteiger partial charge >= 0.3 is 7.60 Å². The summed E-state index contributed by atoms with van der Waals surface area (Å²) in [4.78, 5) is 69.3. The van der Waals surface area contributed by atoms with Gasteiger partial charge in [0.2, 0.25) is 0 Å². The van der Waals surface area contributed by atoms with E-state index < -0.39 is 96.8 Å². The highest BCUT2D eigenvalue weighted by Gasteiger charge is 2.36. The quantitative estimate of drug-likeness (QED) is 0.00341. The number of ether oxygens (including phenoxy) is 6. The summed E-state index contributed by atoms with van der Waals surface area (Å²) in [5.74, 6) is 0.824. The van der Waals surface area contributed by atoms with Gasteiger partial charge in [-0.25, -0.2) is 15.8 Å². The third-order valence-electron chi connectivity index (χ3n) is 21.4. The Hall–Kier alpha value is -12.9. The van der Waals surface area contributed by atoms with Crippen LogP contribution in [0.5, 0.6) is 57.5 Å². The molecule has 0 bridgehead atoms. The normalized spacial score (nSPS) is 12.5. The van der Waals surface area contributed by atoms with Gasteiger partial charge in [-0.2, -0.15) is 25.3 Å². The third kappa shape index (κ3) is 23.6. The summed E-state index contributed by atoms with van der Waals surface area (Å²) in [5, 5.41) is 36.9. The van der Waals surface area contributed by atoms with E-state index in [1.807, 2.05) is 111 Å². The Kier molecular flexibility index (Phi) is 31.3. The summed E-state index contributed by atoms with van der Waals surface area (Å²) in [5.41, 5.74) is 6.21. The standard InChI is InChI=1S/C48H38O23S6.C48H39O8P/c1-27-4-5-28(22-41(27)73-70-67-52)45(49)29-6-19-40(43(24-29)76(57,58)59)64-36-15-9-33(10-16-36)48(2,32-7-13-35(63-3)14-8-32)34-11-17-37(18-12-34)65-47-42(74-71-68-53)23-31(25-44(47)77(60,61)62)46(50)30-20-38(72-69-66-51)26-39(21-30)75(54,55)56;1-32-4-6-33(7-5-32)46(49)34-8-20-41(21-9-34)55-43-26-16-38(17-27-43)48(2,37-14-24-40(54-3)25-15-37)39-18-28-44(29-19-39)56-42-22-10-35(11-23-42)47(50)36-12-30-45(31-13-36)57(51,52)53/h4-26,51-53H,1-3H3,(H,54,55,56)(H,57,58,59)(H,60,61,62);4-31H,1-3H3,(H2,51,52,53). The number of ketones is 4. The number of aryl methyl sites for hydroxylation is 2. The first-order chi connectivity index (χ1) is 63.9. The van der Waals surface area contributed by atoms with Crippen molar-refractivity contribution in [3.05, 3.63) is 398 Å². The molecule has 0 saturated heterocycles. The number of methoxy groups -OCH3 is 2. The molecular formula is C96H77O31PS6.